The predicted molar refractivity (Wildman–Crippen MR) is 75.6 cm³/mol. The molecule has 1 atom stereocenters. The van der Waals surface area contributed by atoms with Crippen molar-refractivity contribution in [2.45, 2.75) is 43.5 Å². The normalized spacial score (nSPS) is 18.3. The largest absolute Gasteiger partial charge is 0.399 e. The van der Waals surface area contributed by atoms with E-state index in [4.69, 9.17) is 5.73 Å². The lowest BCUT2D eigenvalue weighted by molar-refractivity contribution is 0.655. The smallest absolute Gasteiger partial charge is 0.137 e. The van der Waals surface area contributed by atoms with Crippen LogP contribution in [0.3, 0.4) is 0 Å². The number of hydrogen-bond acceptors (Lipinski definition) is 3. The van der Waals surface area contributed by atoms with Gasteiger partial charge in [0.05, 0.1) is 10.9 Å². The third-order valence-electron chi connectivity index (χ3n) is 2.85. The minimum atomic E-state index is -2.50. The van der Waals surface area contributed by atoms with Gasteiger partial charge in [-0.2, -0.15) is 0 Å². The summed E-state index contributed by atoms with van der Waals surface area (Å²) in [7, 11) is -2.50. The zero-order valence-electron chi connectivity index (χ0n) is 10.8. The Labute approximate surface area is 109 Å². The van der Waals surface area contributed by atoms with Crippen LogP contribution in [0.15, 0.2) is 33.5 Å². The van der Waals surface area contributed by atoms with Crippen LogP contribution in [-0.4, -0.2) is 16.8 Å². The van der Waals surface area contributed by atoms with Gasteiger partial charge in [0.25, 0.3) is 0 Å². The maximum absolute atomic E-state index is 12.9. The molecule has 5 heteroatoms. The third kappa shape index (κ3) is 3.46. The Balaban J connectivity index is 2.27. The number of nitrogens with zero attached hydrogens (tertiary/aromatic N) is 1. The third-order valence-corrected chi connectivity index (χ3v) is 4.93. The molecule has 1 aliphatic carbocycles. The van der Waals surface area contributed by atoms with E-state index < -0.39 is 9.92 Å². The average molecular weight is 267 g/mol. The van der Waals surface area contributed by atoms with Crippen LogP contribution in [-0.2, 0) is 9.92 Å². The second kappa shape index (κ2) is 5.71. The summed E-state index contributed by atoms with van der Waals surface area (Å²) < 4.78 is 20.5. The van der Waals surface area contributed by atoms with Gasteiger partial charge in [0.15, 0.2) is 0 Å². The number of rotatable bonds is 6. The number of nitrogen functional groups attached to an aromatic ring is 1. The lowest BCUT2D eigenvalue weighted by Crippen LogP contribution is -2.25. The second-order valence-corrected chi connectivity index (χ2v) is 6.71. The molecule has 1 unspecified atom stereocenters. The molecular weight excluding hydrogens is 246 g/mol. The summed E-state index contributed by atoms with van der Waals surface area (Å²) in [6.07, 6.45) is 4.17. The molecule has 0 saturated heterocycles. The first-order valence-electron chi connectivity index (χ1n) is 6.50. The van der Waals surface area contributed by atoms with Gasteiger partial charge in [-0.05, 0) is 37.5 Å². The van der Waals surface area contributed by atoms with E-state index in [9.17, 15) is 4.21 Å². The fourth-order valence-corrected chi connectivity index (χ4v) is 3.62. The van der Waals surface area contributed by atoms with Crippen LogP contribution in [0, 0.1) is 0 Å². The van der Waals surface area contributed by atoms with Crippen molar-refractivity contribution in [2.75, 3.05) is 12.3 Å². The highest BCUT2D eigenvalue weighted by Gasteiger charge is 2.24. The fraction of sp³-hybridized carbons (Fsp3) is 0.538. The quantitative estimate of drug-likeness (QED) is 0.614. The molecule has 0 aliphatic heterocycles. The summed E-state index contributed by atoms with van der Waals surface area (Å²) in [5.41, 5.74) is 6.39. The molecule has 0 radical (unpaired) electrons. The summed E-state index contributed by atoms with van der Waals surface area (Å²) in [6.45, 7) is 2.84. The van der Waals surface area contributed by atoms with Gasteiger partial charge in [-0.1, -0.05) is 19.4 Å². The van der Waals surface area contributed by atoms with Gasteiger partial charge < -0.3 is 5.73 Å². The molecule has 0 spiro atoms. The number of nitrogens with two attached hydrogens (primary N) is 1. The van der Waals surface area contributed by atoms with Crippen molar-refractivity contribution in [3.63, 3.8) is 0 Å². The molecular formula is C13H21N3OS. The van der Waals surface area contributed by atoms with E-state index in [-0.39, 0.29) is 6.04 Å². The Morgan fingerprint density at radius 3 is 2.89 bits per heavy atom. The first-order chi connectivity index (χ1) is 8.64. The molecule has 1 aliphatic rings. The molecule has 0 aromatic heterocycles. The van der Waals surface area contributed by atoms with Crippen LogP contribution in [0.25, 0.3) is 0 Å². The minimum Gasteiger partial charge on any atom is -0.399 e. The maximum atomic E-state index is 12.9. The Morgan fingerprint density at radius 1 is 1.50 bits per heavy atom. The molecule has 4 nitrogen and oxygen atoms in total. The number of nitrogens with one attached hydrogen (secondary N) is 1. The average Bonchev–Trinajstić information content (AvgIpc) is 3.13. The Kier molecular flexibility index (Phi) is 4.24. The van der Waals surface area contributed by atoms with E-state index in [0.29, 0.717) is 10.6 Å². The molecule has 1 fully saturated rings. The van der Waals surface area contributed by atoms with E-state index in [2.05, 4.69) is 16.0 Å². The molecule has 0 amide bonds. The van der Waals surface area contributed by atoms with Crippen LogP contribution < -0.4 is 10.5 Å². The molecule has 0 heterocycles. The van der Waals surface area contributed by atoms with Crippen molar-refractivity contribution in [3.05, 3.63) is 24.3 Å². The molecule has 1 aromatic carbocycles. The van der Waals surface area contributed by atoms with Crippen LogP contribution in [0.4, 0.5) is 5.69 Å². The molecule has 3 N–H and O–H groups in total. The van der Waals surface area contributed by atoms with E-state index in [1.165, 1.54) is 0 Å². The Hall–Kier alpha value is -1.07. The summed E-state index contributed by atoms with van der Waals surface area (Å²) in [5.74, 6) is 0. The first kappa shape index (κ1) is 13.4. The van der Waals surface area contributed by atoms with Crippen molar-refractivity contribution in [1.29, 1.82) is 0 Å². The zero-order valence-corrected chi connectivity index (χ0v) is 11.6. The standard InChI is InChI=1S/C13H21N3OS/c1-2-3-9-15-18(17,16-12-7-8-12)13-6-4-5-11(14)10-13/h4-6,10,12H,2-3,7-9,14H2,1H3,(H,15,16,17). The topological polar surface area (TPSA) is 67.5 Å². The maximum Gasteiger partial charge on any atom is 0.137 e. The summed E-state index contributed by atoms with van der Waals surface area (Å²) in [4.78, 5) is 0.700. The predicted octanol–water partition coefficient (Wildman–Crippen LogP) is 2.56. The Morgan fingerprint density at radius 2 is 2.28 bits per heavy atom. The highest BCUT2D eigenvalue weighted by molar-refractivity contribution is 7.91. The monoisotopic (exact) mass is 267 g/mol. The van der Waals surface area contributed by atoms with E-state index >= 15 is 0 Å². The fourth-order valence-electron chi connectivity index (χ4n) is 1.65. The van der Waals surface area contributed by atoms with E-state index in [1.54, 1.807) is 12.1 Å². The van der Waals surface area contributed by atoms with Crippen LogP contribution in [0.1, 0.15) is 32.6 Å². The van der Waals surface area contributed by atoms with Gasteiger partial charge in [0.1, 0.15) is 9.92 Å². The molecule has 1 aromatic rings. The number of unbranched alkanes of at least 4 members (excludes halogenated alkanes) is 1. The lowest BCUT2D eigenvalue weighted by atomic mass is 10.3. The number of benzene rings is 1. The van der Waals surface area contributed by atoms with E-state index in [0.717, 1.165) is 32.2 Å². The molecule has 18 heavy (non-hydrogen) atoms. The minimum absolute atomic E-state index is 0.257. The van der Waals surface area contributed by atoms with Crippen molar-refractivity contribution in [3.8, 4) is 0 Å². The SMILES string of the molecule is CCCCNS(=O)(=NC1CC1)c1cccc(N)c1. The van der Waals surface area contributed by atoms with Crippen LogP contribution >= 0.6 is 0 Å². The van der Waals surface area contributed by atoms with Gasteiger partial charge >= 0.3 is 0 Å². The second-order valence-electron chi connectivity index (χ2n) is 4.68. The summed E-state index contributed by atoms with van der Waals surface area (Å²) in [5, 5.41) is 0. The van der Waals surface area contributed by atoms with Crippen molar-refractivity contribution in [1.82, 2.24) is 4.72 Å². The van der Waals surface area contributed by atoms with Crippen molar-refractivity contribution in [2.24, 2.45) is 4.36 Å². The first-order valence-corrected chi connectivity index (χ1v) is 8.02. The van der Waals surface area contributed by atoms with Crippen LogP contribution in [0.2, 0.25) is 0 Å². The van der Waals surface area contributed by atoms with Crippen LogP contribution in [0.5, 0.6) is 0 Å². The van der Waals surface area contributed by atoms with Crippen molar-refractivity contribution < 1.29 is 4.21 Å². The Bertz CT molecular complexity index is 517. The number of hydrogen-bond donors (Lipinski definition) is 2. The van der Waals surface area contributed by atoms with Gasteiger partial charge in [-0.25, -0.2) is 13.3 Å². The highest BCUT2D eigenvalue weighted by Crippen LogP contribution is 2.27. The van der Waals surface area contributed by atoms with E-state index in [1.807, 2.05) is 12.1 Å². The molecule has 0 bridgehead atoms. The van der Waals surface area contributed by atoms with Gasteiger partial charge in [0, 0.05) is 12.2 Å². The molecule has 2 rings (SSSR count). The molecule has 1 saturated carbocycles. The summed E-state index contributed by atoms with van der Waals surface area (Å²) >= 11 is 0. The van der Waals surface area contributed by atoms with Gasteiger partial charge in [-0.15, -0.1) is 0 Å². The van der Waals surface area contributed by atoms with Gasteiger partial charge in [-0.3, -0.25) is 0 Å². The summed E-state index contributed by atoms with van der Waals surface area (Å²) in [6, 6.07) is 7.48. The number of anilines is 1. The highest BCUT2D eigenvalue weighted by atomic mass is 32.2. The molecule has 100 valence electrons. The lowest BCUT2D eigenvalue weighted by Gasteiger charge is -2.12. The zero-order chi connectivity index (χ0) is 13.0. The van der Waals surface area contributed by atoms with Crippen molar-refractivity contribution >= 4 is 15.6 Å². The van der Waals surface area contributed by atoms with Gasteiger partial charge in [0.2, 0.25) is 0 Å².